The van der Waals surface area contributed by atoms with Crippen molar-refractivity contribution in [2.45, 2.75) is 10.8 Å². The second kappa shape index (κ2) is 30.8. The minimum Gasteiger partial charge on any atom is -0.208 e. The van der Waals surface area contributed by atoms with Crippen molar-refractivity contribution >= 4 is 32.3 Å². The number of aromatic nitrogens is 6. The van der Waals surface area contributed by atoms with Crippen LogP contribution in [0.2, 0.25) is 0 Å². The molecular formula is C116H76N6. The molecule has 0 fully saturated rings. The summed E-state index contributed by atoms with van der Waals surface area (Å²) in [6.45, 7) is 0. The van der Waals surface area contributed by atoms with Gasteiger partial charge in [0.1, 0.15) is 0 Å². The van der Waals surface area contributed by atoms with Gasteiger partial charge in [-0.1, -0.05) is 437 Å². The van der Waals surface area contributed by atoms with Crippen LogP contribution in [0.15, 0.2) is 461 Å². The van der Waals surface area contributed by atoms with Gasteiger partial charge in [-0.2, -0.15) is 0 Å². The highest BCUT2D eigenvalue weighted by Gasteiger charge is 2.49. The Kier molecular flexibility index (Phi) is 18.3. The maximum Gasteiger partial charge on any atom is 0.164 e. The zero-order chi connectivity index (χ0) is 80.9. The van der Waals surface area contributed by atoms with E-state index in [1.165, 1.54) is 121 Å². The Morgan fingerprint density at radius 2 is 0.393 bits per heavy atom. The van der Waals surface area contributed by atoms with Crippen LogP contribution in [0.3, 0.4) is 0 Å². The zero-order valence-electron chi connectivity index (χ0n) is 66.6. The summed E-state index contributed by atoms with van der Waals surface area (Å²) < 4.78 is 0. The third kappa shape index (κ3) is 12.6. The van der Waals surface area contributed by atoms with Gasteiger partial charge in [0.25, 0.3) is 0 Å². The van der Waals surface area contributed by atoms with Gasteiger partial charge in [0, 0.05) is 33.4 Å². The average Bonchev–Trinajstić information content (AvgIpc) is 1.53. The Balaban J connectivity index is 0.000000146. The Morgan fingerprint density at radius 3 is 0.779 bits per heavy atom. The van der Waals surface area contributed by atoms with Gasteiger partial charge in [-0.15, -0.1) is 0 Å². The van der Waals surface area contributed by atoms with Crippen LogP contribution in [-0.2, 0) is 10.8 Å². The molecule has 2 aliphatic rings. The Hall–Kier alpha value is -16.0. The van der Waals surface area contributed by atoms with E-state index >= 15 is 0 Å². The van der Waals surface area contributed by atoms with E-state index in [2.05, 4.69) is 340 Å². The van der Waals surface area contributed by atoms with Crippen molar-refractivity contribution in [3.63, 3.8) is 0 Å². The third-order valence-corrected chi connectivity index (χ3v) is 24.6. The number of fused-ring (bicyclic) bond motifs is 11. The molecule has 19 aromatic carbocycles. The van der Waals surface area contributed by atoms with E-state index in [1.807, 2.05) is 121 Å². The van der Waals surface area contributed by atoms with Crippen molar-refractivity contribution in [1.29, 1.82) is 0 Å². The molecule has 6 nitrogen and oxygen atoms in total. The number of nitrogens with zero attached hydrogens (tertiary/aromatic N) is 6. The Morgan fingerprint density at radius 1 is 0.139 bits per heavy atom. The Bertz CT molecular complexity index is 7320. The predicted octanol–water partition coefficient (Wildman–Crippen LogP) is 28.6. The van der Waals surface area contributed by atoms with Crippen LogP contribution in [0.25, 0.3) is 167 Å². The fraction of sp³-hybridized carbons (Fsp3) is 0.0172. The molecule has 0 N–H and O–H groups in total. The molecule has 0 unspecified atom stereocenters. The lowest BCUT2D eigenvalue weighted by molar-refractivity contribution is 0.775. The number of benzene rings is 19. The van der Waals surface area contributed by atoms with Crippen molar-refractivity contribution in [3.05, 3.63) is 506 Å². The smallest absolute Gasteiger partial charge is 0.164 e. The molecule has 0 saturated heterocycles. The van der Waals surface area contributed by atoms with Crippen molar-refractivity contribution in [2.24, 2.45) is 0 Å². The number of hydrogen-bond donors (Lipinski definition) is 0. The van der Waals surface area contributed by atoms with Gasteiger partial charge in [-0.25, -0.2) is 29.9 Å². The number of hydrogen-bond acceptors (Lipinski definition) is 6. The van der Waals surface area contributed by atoms with Crippen LogP contribution >= 0.6 is 0 Å². The summed E-state index contributed by atoms with van der Waals surface area (Å²) in [5, 5.41) is 7.40. The van der Waals surface area contributed by atoms with Gasteiger partial charge in [0.2, 0.25) is 0 Å². The van der Waals surface area contributed by atoms with Crippen LogP contribution in [-0.4, -0.2) is 29.9 Å². The summed E-state index contributed by atoms with van der Waals surface area (Å²) in [6.07, 6.45) is 0. The highest BCUT2D eigenvalue weighted by atomic mass is 15.0. The molecule has 2 heterocycles. The van der Waals surface area contributed by atoms with Crippen LogP contribution in [0, 0.1) is 0 Å². The summed E-state index contributed by atoms with van der Waals surface area (Å²) in [7, 11) is 0. The minimum absolute atomic E-state index is 0.456. The first-order valence-corrected chi connectivity index (χ1v) is 41.6. The lowest BCUT2D eigenvalue weighted by Gasteiger charge is -2.34. The molecule has 0 saturated carbocycles. The molecule has 570 valence electrons. The first kappa shape index (κ1) is 72.4. The second-order valence-electron chi connectivity index (χ2n) is 31.4. The molecule has 0 atom stereocenters. The molecule has 2 aliphatic carbocycles. The van der Waals surface area contributed by atoms with Crippen molar-refractivity contribution in [2.75, 3.05) is 0 Å². The SMILES string of the molecule is c1ccc(-c2nc(-c3ccccc3)nc(-c3ccc(-c4ccc(-c5ccc6c7c(ccc6c5)-c5ccccc5C7(c5ccccc5)c5ccccc5)c5ccccc45)cc3)n2)cc1.c1ccc(-c2nc(-c3ccccc3)nc(-c3cccc(-c4cccc(-c5ccc6c7c(ccc6c5)-c5ccccc5C7(c5ccccc5)c5ccccc5)c4)c3)n2)cc1. The molecule has 6 heteroatoms. The van der Waals surface area contributed by atoms with Crippen molar-refractivity contribution < 1.29 is 0 Å². The lowest BCUT2D eigenvalue weighted by Crippen LogP contribution is -2.28. The van der Waals surface area contributed by atoms with Crippen LogP contribution in [0.1, 0.15) is 44.5 Å². The molecule has 21 aromatic rings. The molecule has 0 spiro atoms. The van der Waals surface area contributed by atoms with Gasteiger partial charge in [-0.05, 0) is 168 Å². The van der Waals surface area contributed by atoms with E-state index in [9.17, 15) is 0 Å². The Labute approximate surface area is 708 Å². The topological polar surface area (TPSA) is 77.3 Å². The highest BCUT2D eigenvalue weighted by Crippen LogP contribution is 2.60. The molecule has 0 aliphatic heterocycles. The number of rotatable bonds is 14. The van der Waals surface area contributed by atoms with Gasteiger partial charge in [0.15, 0.2) is 34.9 Å². The standard InChI is InChI=1S/C60H39N3.C56H37N3/c1-5-17-41(18-6-1)57-61-58(42-19-7-2-8-20-42)63-59(62-57)43-31-29-40(30-32-43)48-37-38-49(52-26-14-13-25-51(48)52)44-33-35-50-45(39-44)34-36-54-53-27-15-16-28-55(53)60(56(50)54,46-21-9-3-10-22-46)47-23-11-4-12-24-47;1-5-17-38(18-6-1)53-57-54(39-19-7-2-8-20-39)59-55(58-53)45-24-16-23-42(37-45)40-21-15-22-41(35-40)43-31-33-48-44(36-43)32-34-50-49-29-13-14-30-51(49)56(52(48)50,46-25-9-3-10-26-46)47-27-11-4-12-28-47/h1-39H;1-37H. The molecule has 122 heavy (non-hydrogen) atoms. The first-order valence-electron chi connectivity index (χ1n) is 41.6. The normalized spacial score (nSPS) is 12.6. The molecule has 23 rings (SSSR count). The summed E-state index contributed by atoms with van der Waals surface area (Å²) in [6, 6.07) is 165. The minimum atomic E-state index is -0.461. The van der Waals surface area contributed by atoms with E-state index in [-0.39, 0.29) is 0 Å². The highest BCUT2D eigenvalue weighted by molar-refractivity contribution is 6.08. The summed E-state index contributed by atoms with van der Waals surface area (Å²) in [5.41, 5.74) is 29.6. The van der Waals surface area contributed by atoms with E-state index in [4.69, 9.17) is 29.9 Å². The van der Waals surface area contributed by atoms with Crippen LogP contribution in [0.5, 0.6) is 0 Å². The quantitative estimate of drug-likeness (QED) is 0.108. The summed E-state index contributed by atoms with van der Waals surface area (Å²) >= 11 is 0. The van der Waals surface area contributed by atoms with Crippen molar-refractivity contribution in [1.82, 2.24) is 29.9 Å². The fourth-order valence-electron chi connectivity index (χ4n) is 19.1. The molecule has 0 bridgehead atoms. The van der Waals surface area contributed by atoms with E-state index in [0.29, 0.717) is 34.9 Å². The molecule has 0 amide bonds. The fourth-order valence-corrected chi connectivity index (χ4v) is 19.1. The second-order valence-corrected chi connectivity index (χ2v) is 31.4. The first-order chi connectivity index (χ1) is 60.5. The van der Waals surface area contributed by atoms with Crippen LogP contribution < -0.4 is 0 Å². The summed E-state index contributed by atoms with van der Waals surface area (Å²) in [4.78, 5) is 29.7. The monoisotopic (exact) mass is 1550 g/mol. The van der Waals surface area contributed by atoms with E-state index < -0.39 is 10.8 Å². The molecule has 0 radical (unpaired) electrons. The maximum atomic E-state index is 4.99. The average molecular weight is 1550 g/mol. The maximum absolute atomic E-state index is 4.99. The largest absolute Gasteiger partial charge is 0.208 e. The van der Waals surface area contributed by atoms with Crippen molar-refractivity contribution in [3.8, 4) is 135 Å². The molecular weight excluding hydrogens is 1480 g/mol. The zero-order valence-corrected chi connectivity index (χ0v) is 66.6. The lowest BCUT2D eigenvalue weighted by atomic mass is 9.66. The third-order valence-electron chi connectivity index (χ3n) is 24.6. The van der Waals surface area contributed by atoms with Gasteiger partial charge >= 0.3 is 0 Å². The van der Waals surface area contributed by atoms with Gasteiger partial charge in [-0.3, -0.25) is 0 Å². The molecule has 2 aromatic heterocycles. The van der Waals surface area contributed by atoms with Gasteiger partial charge < -0.3 is 0 Å². The van der Waals surface area contributed by atoms with E-state index in [1.54, 1.807) is 0 Å². The predicted molar refractivity (Wildman–Crippen MR) is 501 cm³/mol. The van der Waals surface area contributed by atoms with E-state index in [0.717, 1.165) is 55.6 Å². The van der Waals surface area contributed by atoms with Gasteiger partial charge in [0.05, 0.1) is 10.8 Å². The van der Waals surface area contributed by atoms with Crippen LogP contribution in [0.4, 0.5) is 0 Å². The summed E-state index contributed by atoms with van der Waals surface area (Å²) in [5.74, 6) is 3.89.